The average molecular weight is 491 g/mol. The smallest absolute Gasteiger partial charge is 0.167 e. The molecule has 0 spiro atoms. The summed E-state index contributed by atoms with van der Waals surface area (Å²) in [5, 5.41) is 24.5. The maximum absolute atomic E-state index is 13.7. The largest absolute Gasteiger partial charge is 0.385 e. The molecule has 36 heavy (non-hydrogen) atoms. The molecule has 2 fully saturated rings. The highest BCUT2D eigenvalue weighted by molar-refractivity contribution is 5.83. The van der Waals surface area contributed by atoms with E-state index in [1.54, 1.807) is 29.2 Å². The SMILES string of the molecule is C[C@@H]1COCCN1c1cc(C2(O)CCC(Cc3cccc(F)c3)CC2)c2cnn(-c3ccn[nH]3)c2n1. The van der Waals surface area contributed by atoms with E-state index in [1.165, 1.54) is 6.07 Å². The van der Waals surface area contributed by atoms with Gasteiger partial charge < -0.3 is 14.7 Å². The number of halogens is 1. The Morgan fingerprint density at radius 3 is 2.83 bits per heavy atom. The lowest BCUT2D eigenvalue weighted by molar-refractivity contribution is -0.0128. The van der Waals surface area contributed by atoms with Gasteiger partial charge in [0.05, 0.1) is 37.3 Å². The number of ether oxygens (including phenoxy) is 1. The Bertz CT molecular complexity index is 1350. The molecule has 0 bridgehead atoms. The third-order valence-electron chi connectivity index (χ3n) is 7.75. The minimum atomic E-state index is -0.980. The van der Waals surface area contributed by atoms with Crippen LogP contribution in [0.5, 0.6) is 0 Å². The number of morpholine rings is 1. The number of hydrogen-bond donors (Lipinski definition) is 2. The molecule has 1 saturated heterocycles. The summed E-state index contributed by atoms with van der Waals surface area (Å²) in [6, 6.07) is 10.9. The van der Waals surface area contributed by atoms with E-state index >= 15 is 0 Å². The van der Waals surface area contributed by atoms with Crippen molar-refractivity contribution < 1.29 is 14.2 Å². The van der Waals surface area contributed by atoms with Gasteiger partial charge in [-0.05, 0) is 74.3 Å². The van der Waals surface area contributed by atoms with Crippen molar-refractivity contribution >= 4 is 16.9 Å². The van der Waals surface area contributed by atoms with Gasteiger partial charge in [0.15, 0.2) is 11.5 Å². The maximum atomic E-state index is 13.7. The van der Waals surface area contributed by atoms with Crippen molar-refractivity contribution in [1.82, 2.24) is 25.0 Å². The first-order valence-electron chi connectivity index (χ1n) is 12.7. The lowest BCUT2D eigenvalue weighted by atomic mass is 9.73. The van der Waals surface area contributed by atoms with Crippen LogP contribution in [0.25, 0.3) is 16.9 Å². The van der Waals surface area contributed by atoms with Crippen LogP contribution in [-0.2, 0) is 16.8 Å². The van der Waals surface area contributed by atoms with E-state index in [4.69, 9.17) is 9.72 Å². The molecule has 0 unspecified atom stereocenters. The molecule has 1 aliphatic carbocycles. The van der Waals surface area contributed by atoms with Gasteiger partial charge in [-0.1, -0.05) is 12.1 Å². The van der Waals surface area contributed by atoms with Crippen LogP contribution in [0.2, 0.25) is 0 Å². The molecule has 1 aromatic carbocycles. The highest BCUT2D eigenvalue weighted by Crippen LogP contribution is 2.44. The first-order valence-corrected chi connectivity index (χ1v) is 12.7. The molecule has 3 aromatic heterocycles. The number of aromatic nitrogens is 5. The lowest BCUT2D eigenvalue weighted by Crippen LogP contribution is -2.44. The molecular weight excluding hydrogens is 459 g/mol. The molecule has 0 radical (unpaired) electrons. The number of aliphatic hydroxyl groups is 1. The normalized spacial score (nSPS) is 24.9. The molecule has 1 atom stereocenters. The van der Waals surface area contributed by atoms with E-state index in [-0.39, 0.29) is 11.9 Å². The van der Waals surface area contributed by atoms with Crippen LogP contribution in [0.1, 0.15) is 43.7 Å². The number of hydrogen-bond acceptors (Lipinski definition) is 6. The van der Waals surface area contributed by atoms with Crippen LogP contribution in [0.3, 0.4) is 0 Å². The summed E-state index contributed by atoms with van der Waals surface area (Å²) < 4.78 is 21.1. The Balaban J connectivity index is 1.35. The number of nitrogens with one attached hydrogen (secondary N) is 1. The summed E-state index contributed by atoms with van der Waals surface area (Å²) in [5.74, 6) is 1.76. The molecular formula is C27H31FN6O2. The summed E-state index contributed by atoms with van der Waals surface area (Å²) in [7, 11) is 0. The number of rotatable bonds is 5. The molecule has 6 rings (SSSR count). The predicted molar refractivity (Wildman–Crippen MR) is 135 cm³/mol. The van der Waals surface area contributed by atoms with Gasteiger partial charge in [-0.15, -0.1) is 0 Å². The molecule has 1 aliphatic heterocycles. The molecule has 8 nitrogen and oxygen atoms in total. The van der Waals surface area contributed by atoms with Crippen LogP contribution in [0.4, 0.5) is 10.2 Å². The van der Waals surface area contributed by atoms with Gasteiger partial charge in [0, 0.05) is 18.0 Å². The molecule has 0 amide bonds. The van der Waals surface area contributed by atoms with Crippen molar-refractivity contribution in [3.63, 3.8) is 0 Å². The van der Waals surface area contributed by atoms with Gasteiger partial charge in [0.2, 0.25) is 0 Å². The van der Waals surface area contributed by atoms with Crippen molar-refractivity contribution in [1.29, 1.82) is 0 Å². The maximum Gasteiger partial charge on any atom is 0.167 e. The Hall–Kier alpha value is -3.30. The minimum Gasteiger partial charge on any atom is -0.385 e. The van der Waals surface area contributed by atoms with E-state index in [2.05, 4.69) is 33.2 Å². The number of fused-ring (bicyclic) bond motifs is 1. The third-order valence-corrected chi connectivity index (χ3v) is 7.75. The molecule has 2 aliphatic rings. The highest BCUT2D eigenvalue weighted by atomic mass is 19.1. The van der Waals surface area contributed by atoms with Crippen molar-refractivity contribution in [3.8, 4) is 5.82 Å². The van der Waals surface area contributed by atoms with Crippen LogP contribution in [0, 0.1) is 11.7 Å². The average Bonchev–Trinajstić information content (AvgIpc) is 3.55. The Morgan fingerprint density at radius 2 is 2.08 bits per heavy atom. The number of H-pyrrole nitrogens is 1. The quantitative estimate of drug-likeness (QED) is 0.437. The van der Waals surface area contributed by atoms with Crippen molar-refractivity contribution in [2.24, 2.45) is 5.92 Å². The summed E-state index contributed by atoms with van der Waals surface area (Å²) in [6.45, 7) is 4.15. The van der Waals surface area contributed by atoms with E-state index in [9.17, 15) is 9.50 Å². The topological polar surface area (TPSA) is 92.1 Å². The lowest BCUT2D eigenvalue weighted by Gasteiger charge is -2.38. The minimum absolute atomic E-state index is 0.178. The van der Waals surface area contributed by atoms with Gasteiger partial charge in [-0.2, -0.15) is 14.9 Å². The molecule has 188 valence electrons. The molecule has 2 N–H and O–H groups in total. The van der Waals surface area contributed by atoms with Gasteiger partial charge in [-0.3, -0.25) is 5.10 Å². The first kappa shape index (κ1) is 23.1. The summed E-state index contributed by atoms with van der Waals surface area (Å²) in [5.41, 5.74) is 1.60. The standard InChI is InChI=1S/C27H31FN6O2/c1-18-17-36-12-11-33(18)25-15-23(22-16-30-34(26(22)31-25)24-7-10-29-32-24)27(35)8-5-19(6-9-27)13-20-3-2-4-21(28)14-20/h2-4,7,10,14-16,18-19,35H,5-6,8-9,11-13,17H2,1H3,(H,29,32)/t18-,19?,27?/m1/s1. The molecule has 4 aromatic rings. The Kier molecular flexibility index (Phi) is 5.97. The Morgan fingerprint density at radius 1 is 1.22 bits per heavy atom. The fourth-order valence-electron chi connectivity index (χ4n) is 5.76. The second-order valence-corrected chi connectivity index (χ2v) is 10.2. The second-order valence-electron chi connectivity index (χ2n) is 10.2. The van der Waals surface area contributed by atoms with E-state index in [0.29, 0.717) is 37.6 Å². The van der Waals surface area contributed by atoms with E-state index < -0.39 is 5.60 Å². The molecule has 4 heterocycles. The summed E-state index contributed by atoms with van der Waals surface area (Å²) in [6.07, 6.45) is 7.32. The number of nitrogens with zero attached hydrogens (tertiary/aromatic N) is 5. The van der Waals surface area contributed by atoms with Crippen molar-refractivity contribution in [3.05, 3.63) is 65.7 Å². The van der Waals surface area contributed by atoms with Crippen molar-refractivity contribution in [2.75, 3.05) is 24.7 Å². The summed E-state index contributed by atoms with van der Waals surface area (Å²) >= 11 is 0. The number of aromatic amines is 1. The van der Waals surface area contributed by atoms with Gasteiger partial charge in [-0.25, -0.2) is 9.37 Å². The molecule has 1 saturated carbocycles. The summed E-state index contributed by atoms with van der Waals surface area (Å²) in [4.78, 5) is 7.25. The van der Waals surface area contributed by atoms with Crippen LogP contribution < -0.4 is 4.90 Å². The molecule has 9 heteroatoms. The van der Waals surface area contributed by atoms with Gasteiger partial charge in [0.25, 0.3) is 0 Å². The first-order chi connectivity index (χ1) is 17.5. The zero-order chi connectivity index (χ0) is 24.7. The third kappa shape index (κ3) is 4.26. The predicted octanol–water partition coefficient (Wildman–Crippen LogP) is 4.13. The number of anilines is 1. The van der Waals surface area contributed by atoms with Gasteiger partial charge >= 0.3 is 0 Å². The highest BCUT2D eigenvalue weighted by Gasteiger charge is 2.38. The van der Waals surface area contributed by atoms with Gasteiger partial charge in [0.1, 0.15) is 11.6 Å². The zero-order valence-corrected chi connectivity index (χ0v) is 20.4. The zero-order valence-electron chi connectivity index (χ0n) is 20.4. The number of pyridine rings is 1. The van der Waals surface area contributed by atoms with E-state index in [0.717, 1.165) is 54.0 Å². The fourth-order valence-corrected chi connectivity index (χ4v) is 5.76. The van der Waals surface area contributed by atoms with Crippen LogP contribution >= 0.6 is 0 Å². The van der Waals surface area contributed by atoms with Crippen LogP contribution in [-0.4, -0.2) is 55.9 Å². The monoisotopic (exact) mass is 490 g/mol. The van der Waals surface area contributed by atoms with Crippen molar-refractivity contribution in [2.45, 2.75) is 50.7 Å². The number of benzene rings is 1. The Labute approximate surface area is 209 Å². The fraction of sp³-hybridized carbons (Fsp3) is 0.444. The van der Waals surface area contributed by atoms with E-state index in [1.807, 2.05) is 12.1 Å². The van der Waals surface area contributed by atoms with Crippen LogP contribution in [0.15, 0.2) is 48.8 Å². The second kappa shape index (κ2) is 9.29.